The number of ether oxygens (including phenoxy) is 2. The van der Waals surface area contributed by atoms with Crippen LogP contribution in [0.1, 0.15) is 26.2 Å². The first kappa shape index (κ1) is 12.5. The molecule has 4 heteroatoms. The Kier molecular flexibility index (Phi) is 4.76. The highest BCUT2D eigenvalue weighted by Crippen LogP contribution is 2.15. The van der Waals surface area contributed by atoms with E-state index < -0.39 is 0 Å². The van der Waals surface area contributed by atoms with E-state index >= 15 is 0 Å². The topological polar surface area (TPSA) is 52.6 Å². The third-order valence-corrected chi connectivity index (χ3v) is 2.22. The molecule has 0 bridgehead atoms. The molecule has 0 amide bonds. The number of carbonyl (C=O) groups is 2. The fraction of sp³-hybridized carbons (Fsp3) is 0.500. The van der Waals surface area contributed by atoms with Crippen molar-refractivity contribution in [2.45, 2.75) is 26.2 Å². The number of carbonyl (C=O) groups excluding carboxylic acids is 2. The van der Waals surface area contributed by atoms with Crippen LogP contribution < -0.4 is 0 Å². The zero-order valence-corrected chi connectivity index (χ0v) is 9.62. The molecule has 4 nitrogen and oxygen atoms in total. The number of hydrogen-bond donors (Lipinski definition) is 0. The Morgan fingerprint density at radius 3 is 2.44 bits per heavy atom. The molecule has 1 aliphatic carbocycles. The highest BCUT2D eigenvalue weighted by molar-refractivity contribution is 6.18. The summed E-state index contributed by atoms with van der Waals surface area (Å²) in [6.45, 7) is 2.54. The molecule has 0 N–H and O–H groups in total. The van der Waals surface area contributed by atoms with Gasteiger partial charge < -0.3 is 9.47 Å². The summed E-state index contributed by atoms with van der Waals surface area (Å²) in [5.74, 6) is -0.515. The molecule has 0 aromatic heterocycles. The van der Waals surface area contributed by atoms with E-state index in [0.717, 1.165) is 19.3 Å². The summed E-state index contributed by atoms with van der Waals surface area (Å²) in [7, 11) is 1.36. The maximum Gasteiger partial charge on any atom is 0.262 e. The first-order valence-corrected chi connectivity index (χ1v) is 5.38. The number of rotatable bonds is 6. The van der Waals surface area contributed by atoms with E-state index in [4.69, 9.17) is 9.47 Å². The molecule has 1 rings (SSSR count). The smallest absolute Gasteiger partial charge is 0.262 e. The Hall–Kier alpha value is -1.58. The van der Waals surface area contributed by atoms with Gasteiger partial charge in [0.25, 0.3) is 5.78 Å². The lowest BCUT2D eigenvalue weighted by atomic mass is 10.1. The van der Waals surface area contributed by atoms with Gasteiger partial charge in [-0.1, -0.05) is 19.8 Å². The van der Waals surface area contributed by atoms with Crippen LogP contribution >= 0.6 is 0 Å². The van der Waals surface area contributed by atoms with Crippen LogP contribution in [0.15, 0.2) is 23.7 Å². The molecule has 0 radical (unpaired) electrons. The molecule has 16 heavy (non-hydrogen) atoms. The summed E-state index contributed by atoms with van der Waals surface area (Å²) in [4.78, 5) is 22.8. The van der Waals surface area contributed by atoms with Crippen LogP contribution in [-0.2, 0) is 19.1 Å². The fourth-order valence-corrected chi connectivity index (χ4v) is 1.35. The summed E-state index contributed by atoms with van der Waals surface area (Å²) in [5, 5.41) is 0. The van der Waals surface area contributed by atoms with Gasteiger partial charge in [-0.3, -0.25) is 9.59 Å². The second-order valence-electron chi connectivity index (χ2n) is 3.51. The van der Waals surface area contributed by atoms with Gasteiger partial charge in [0.05, 0.1) is 13.7 Å². The van der Waals surface area contributed by atoms with Gasteiger partial charge in [-0.2, -0.15) is 0 Å². The van der Waals surface area contributed by atoms with Crippen LogP contribution in [0.4, 0.5) is 0 Å². The normalized spacial score (nSPS) is 15.6. The van der Waals surface area contributed by atoms with Crippen LogP contribution in [-0.4, -0.2) is 25.3 Å². The summed E-state index contributed by atoms with van der Waals surface area (Å²) in [5.41, 5.74) is 0. The minimum Gasteiger partial charge on any atom is -0.492 e. The largest absolute Gasteiger partial charge is 0.492 e. The second kappa shape index (κ2) is 6.10. The van der Waals surface area contributed by atoms with Gasteiger partial charge in [-0.25, -0.2) is 0 Å². The van der Waals surface area contributed by atoms with E-state index in [0.29, 0.717) is 6.61 Å². The summed E-state index contributed by atoms with van der Waals surface area (Å²) >= 11 is 0. The van der Waals surface area contributed by atoms with E-state index in [-0.39, 0.29) is 23.1 Å². The quantitative estimate of drug-likeness (QED) is 0.509. The molecule has 0 saturated carbocycles. The van der Waals surface area contributed by atoms with Gasteiger partial charge in [0.1, 0.15) is 0 Å². The summed E-state index contributed by atoms with van der Waals surface area (Å²) < 4.78 is 10.1. The zero-order valence-electron chi connectivity index (χ0n) is 9.62. The minimum atomic E-state index is -0.362. The van der Waals surface area contributed by atoms with Crippen molar-refractivity contribution in [3.63, 3.8) is 0 Å². The van der Waals surface area contributed by atoms with Gasteiger partial charge >= 0.3 is 0 Å². The van der Waals surface area contributed by atoms with E-state index in [9.17, 15) is 9.59 Å². The van der Waals surface area contributed by atoms with Gasteiger partial charge in [-0.05, 0) is 6.42 Å². The van der Waals surface area contributed by atoms with Crippen molar-refractivity contribution in [1.82, 2.24) is 0 Å². The van der Waals surface area contributed by atoms with Crippen molar-refractivity contribution in [2.75, 3.05) is 13.7 Å². The number of unbranched alkanes of at least 4 members (excludes halogenated alkanes) is 2. The molecular formula is C12H16O4. The highest BCUT2D eigenvalue weighted by atomic mass is 16.5. The minimum absolute atomic E-state index is 0.0398. The van der Waals surface area contributed by atoms with Crippen molar-refractivity contribution in [2.24, 2.45) is 0 Å². The highest BCUT2D eigenvalue weighted by Gasteiger charge is 2.23. The SMILES string of the molecule is CCCCCOC1=CC(=O)C=C(OC)C1=O. The monoisotopic (exact) mass is 224 g/mol. The van der Waals surface area contributed by atoms with Crippen LogP contribution in [0.5, 0.6) is 0 Å². The molecule has 0 fully saturated rings. The van der Waals surface area contributed by atoms with Crippen molar-refractivity contribution in [3.05, 3.63) is 23.7 Å². The third-order valence-electron chi connectivity index (χ3n) is 2.22. The molecule has 0 aromatic rings. The van der Waals surface area contributed by atoms with Gasteiger partial charge in [-0.15, -0.1) is 0 Å². The third kappa shape index (κ3) is 3.22. The maximum absolute atomic E-state index is 11.6. The lowest BCUT2D eigenvalue weighted by molar-refractivity contribution is -0.120. The lowest BCUT2D eigenvalue weighted by Crippen LogP contribution is -2.17. The molecule has 0 atom stereocenters. The standard InChI is InChI=1S/C12H16O4/c1-3-4-5-6-16-11-8-9(13)7-10(15-2)12(11)14/h7-8H,3-6H2,1-2H3. The molecule has 0 unspecified atom stereocenters. The van der Waals surface area contributed by atoms with Gasteiger partial charge in [0, 0.05) is 12.2 Å². The Balaban J connectivity index is 2.53. The lowest BCUT2D eigenvalue weighted by Gasteiger charge is -2.13. The molecule has 88 valence electrons. The van der Waals surface area contributed by atoms with Crippen LogP contribution in [0, 0.1) is 0 Å². The van der Waals surface area contributed by atoms with Crippen molar-refractivity contribution in [3.8, 4) is 0 Å². The molecule has 0 heterocycles. The van der Waals surface area contributed by atoms with Crippen molar-refractivity contribution < 1.29 is 19.1 Å². The van der Waals surface area contributed by atoms with E-state index in [1.165, 1.54) is 19.3 Å². The summed E-state index contributed by atoms with van der Waals surface area (Å²) in [6.07, 6.45) is 5.38. The Labute approximate surface area is 94.9 Å². The van der Waals surface area contributed by atoms with E-state index in [1.807, 2.05) is 0 Å². The molecule has 0 aliphatic heterocycles. The average Bonchev–Trinajstić information content (AvgIpc) is 2.28. The first-order chi connectivity index (χ1) is 7.69. The number of Topliss-reactive ketones (excluding diaryl/α,β-unsaturated/α-hetero) is 1. The van der Waals surface area contributed by atoms with Crippen molar-refractivity contribution >= 4 is 11.6 Å². The van der Waals surface area contributed by atoms with Gasteiger partial charge in [0.15, 0.2) is 17.3 Å². The molecule has 1 aliphatic rings. The zero-order chi connectivity index (χ0) is 12.0. The predicted octanol–water partition coefficient (Wildman–Crippen LogP) is 1.76. The van der Waals surface area contributed by atoms with Crippen LogP contribution in [0.2, 0.25) is 0 Å². The van der Waals surface area contributed by atoms with Crippen LogP contribution in [0.3, 0.4) is 0 Å². The molecule has 0 aromatic carbocycles. The Morgan fingerprint density at radius 2 is 1.81 bits per heavy atom. The average molecular weight is 224 g/mol. The predicted molar refractivity (Wildman–Crippen MR) is 58.7 cm³/mol. The molecule has 0 spiro atoms. The Bertz CT molecular complexity index is 339. The van der Waals surface area contributed by atoms with E-state index in [1.54, 1.807) is 0 Å². The number of hydrogen-bond acceptors (Lipinski definition) is 4. The van der Waals surface area contributed by atoms with E-state index in [2.05, 4.69) is 6.92 Å². The fourth-order valence-electron chi connectivity index (χ4n) is 1.35. The maximum atomic E-state index is 11.6. The van der Waals surface area contributed by atoms with Crippen LogP contribution in [0.25, 0.3) is 0 Å². The summed E-state index contributed by atoms with van der Waals surface area (Å²) in [6, 6.07) is 0. The second-order valence-corrected chi connectivity index (χ2v) is 3.51. The van der Waals surface area contributed by atoms with Crippen molar-refractivity contribution in [1.29, 1.82) is 0 Å². The Morgan fingerprint density at radius 1 is 1.12 bits per heavy atom. The molecular weight excluding hydrogens is 208 g/mol. The molecule has 0 saturated heterocycles. The first-order valence-electron chi connectivity index (χ1n) is 5.38. The number of methoxy groups -OCH3 is 1. The number of ketones is 2. The number of allylic oxidation sites excluding steroid dienone is 2. The van der Waals surface area contributed by atoms with Gasteiger partial charge in [0.2, 0.25) is 0 Å².